The molecule has 1 aromatic heterocycles. The van der Waals surface area contributed by atoms with Crippen molar-refractivity contribution in [3.05, 3.63) is 44.6 Å². The molecule has 1 amide bonds. The Morgan fingerprint density at radius 2 is 1.80 bits per heavy atom. The number of benzene rings is 1. The van der Waals surface area contributed by atoms with Crippen molar-refractivity contribution >= 4 is 16.8 Å². The van der Waals surface area contributed by atoms with Crippen molar-refractivity contribution in [3.63, 3.8) is 0 Å². The first kappa shape index (κ1) is 22.3. The first-order valence-electron chi connectivity index (χ1n) is 11.4. The number of fused-ring (bicyclic) bond motifs is 1. The molecule has 0 aliphatic carbocycles. The molecule has 0 radical (unpaired) electrons. The van der Waals surface area contributed by atoms with Gasteiger partial charge in [0, 0.05) is 18.7 Å². The maximum Gasteiger partial charge on any atom is 0.328 e. The van der Waals surface area contributed by atoms with Gasteiger partial charge in [-0.05, 0) is 63.5 Å². The summed E-state index contributed by atoms with van der Waals surface area (Å²) >= 11 is 0. The first-order valence-corrected chi connectivity index (χ1v) is 11.4. The summed E-state index contributed by atoms with van der Waals surface area (Å²) < 4.78 is 1.25. The van der Waals surface area contributed by atoms with Crippen LogP contribution in [0.1, 0.15) is 68.6 Å². The number of H-pyrrole nitrogens is 1. The minimum Gasteiger partial charge on any atom is -0.352 e. The van der Waals surface area contributed by atoms with Crippen molar-refractivity contribution in [2.24, 2.45) is 0 Å². The molecule has 0 spiro atoms. The molecule has 164 valence electrons. The van der Waals surface area contributed by atoms with Crippen LogP contribution < -0.4 is 16.6 Å². The van der Waals surface area contributed by atoms with Gasteiger partial charge >= 0.3 is 5.69 Å². The first-order chi connectivity index (χ1) is 14.6. The van der Waals surface area contributed by atoms with Crippen LogP contribution in [0.4, 0.5) is 0 Å². The molecule has 0 saturated carbocycles. The second-order valence-electron chi connectivity index (χ2n) is 8.22. The molecule has 2 heterocycles. The summed E-state index contributed by atoms with van der Waals surface area (Å²) in [5, 5.41) is 3.39. The second-order valence-corrected chi connectivity index (χ2v) is 8.22. The molecule has 1 fully saturated rings. The summed E-state index contributed by atoms with van der Waals surface area (Å²) in [7, 11) is 0. The van der Waals surface area contributed by atoms with Crippen molar-refractivity contribution in [1.29, 1.82) is 0 Å². The standard InChI is InChI=1S/C23H34N4O3/c1-2-3-6-16-27-22(29)19-11-10-18(17-20(19)25-23(27)30)21(28)24-12-9-15-26-13-7-4-5-8-14-26/h10-11,17H,2-9,12-16H2,1H3,(H,24,28)(H,25,30). The molecule has 0 bridgehead atoms. The number of unbranched alkanes of at least 4 members (excludes halogenated alkanes) is 2. The smallest absolute Gasteiger partial charge is 0.328 e. The van der Waals surface area contributed by atoms with Crippen molar-refractivity contribution in [2.75, 3.05) is 26.2 Å². The minimum atomic E-state index is -0.418. The van der Waals surface area contributed by atoms with E-state index in [1.165, 1.54) is 30.3 Å². The number of rotatable bonds is 9. The van der Waals surface area contributed by atoms with Crippen LogP contribution in [0, 0.1) is 0 Å². The van der Waals surface area contributed by atoms with E-state index in [9.17, 15) is 14.4 Å². The molecule has 1 saturated heterocycles. The number of carbonyl (C=O) groups excluding carboxylic acids is 1. The summed E-state index contributed by atoms with van der Waals surface area (Å²) in [5.74, 6) is -0.180. The van der Waals surface area contributed by atoms with E-state index in [-0.39, 0.29) is 11.5 Å². The summed E-state index contributed by atoms with van der Waals surface area (Å²) in [4.78, 5) is 42.7. The highest BCUT2D eigenvalue weighted by Gasteiger charge is 2.12. The monoisotopic (exact) mass is 414 g/mol. The van der Waals surface area contributed by atoms with Gasteiger partial charge in [-0.15, -0.1) is 0 Å². The Morgan fingerprint density at radius 1 is 1.03 bits per heavy atom. The van der Waals surface area contributed by atoms with Gasteiger partial charge in [-0.3, -0.25) is 14.2 Å². The van der Waals surface area contributed by atoms with Gasteiger partial charge in [-0.25, -0.2) is 4.79 Å². The molecule has 1 aliphatic heterocycles. The van der Waals surface area contributed by atoms with Gasteiger partial charge in [-0.2, -0.15) is 0 Å². The van der Waals surface area contributed by atoms with Crippen LogP contribution in [0.3, 0.4) is 0 Å². The number of amides is 1. The molecular formula is C23H34N4O3. The fourth-order valence-corrected chi connectivity index (χ4v) is 4.09. The summed E-state index contributed by atoms with van der Waals surface area (Å²) in [6.45, 7) is 6.42. The van der Waals surface area contributed by atoms with Crippen molar-refractivity contribution in [2.45, 2.75) is 64.8 Å². The molecule has 7 nitrogen and oxygen atoms in total. The van der Waals surface area contributed by atoms with Crippen LogP contribution in [0.2, 0.25) is 0 Å². The van der Waals surface area contributed by atoms with Crippen LogP contribution in [0.25, 0.3) is 10.9 Å². The predicted octanol–water partition coefficient (Wildman–Crippen LogP) is 2.88. The van der Waals surface area contributed by atoms with Gasteiger partial charge in [0.25, 0.3) is 11.5 Å². The molecule has 1 aromatic carbocycles. The van der Waals surface area contributed by atoms with E-state index in [1.54, 1.807) is 18.2 Å². The van der Waals surface area contributed by atoms with Crippen LogP contribution in [-0.4, -0.2) is 46.5 Å². The number of hydrogen-bond acceptors (Lipinski definition) is 4. The van der Waals surface area contributed by atoms with Crippen LogP contribution in [0.15, 0.2) is 27.8 Å². The van der Waals surface area contributed by atoms with Crippen molar-refractivity contribution in [3.8, 4) is 0 Å². The van der Waals surface area contributed by atoms with Gasteiger partial charge in [0.1, 0.15) is 0 Å². The summed E-state index contributed by atoms with van der Waals surface area (Å²) in [6, 6.07) is 4.89. The Labute approximate surface area is 177 Å². The number of aromatic nitrogens is 2. The number of likely N-dealkylation sites (tertiary alicyclic amines) is 1. The van der Waals surface area contributed by atoms with Crippen LogP contribution in [-0.2, 0) is 6.54 Å². The Bertz CT molecular complexity index is 955. The predicted molar refractivity (Wildman–Crippen MR) is 120 cm³/mol. The van der Waals surface area contributed by atoms with Gasteiger partial charge < -0.3 is 15.2 Å². The van der Waals surface area contributed by atoms with Crippen LogP contribution >= 0.6 is 0 Å². The SMILES string of the molecule is CCCCCn1c(=O)[nH]c2cc(C(=O)NCCCN3CCCCCC3)ccc2c1=O. The zero-order chi connectivity index (χ0) is 21.3. The summed E-state index contributed by atoms with van der Waals surface area (Å²) in [5.41, 5.74) is 0.151. The third-order valence-electron chi connectivity index (χ3n) is 5.86. The minimum absolute atomic E-state index is 0.180. The number of nitrogens with one attached hydrogen (secondary N) is 2. The molecule has 7 heteroatoms. The van der Waals surface area contributed by atoms with E-state index in [1.807, 2.05) is 0 Å². The molecule has 0 unspecified atom stereocenters. The molecule has 3 rings (SSSR count). The van der Waals surface area contributed by atoms with Gasteiger partial charge in [0.15, 0.2) is 0 Å². The second kappa shape index (κ2) is 11.1. The Morgan fingerprint density at radius 3 is 2.53 bits per heavy atom. The lowest BCUT2D eigenvalue weighted by Crippen LogP contribution is -2.35. The maximum absolute atomic E-state index is 12.6. The normalized spacial score (nSPS) is 15.2. The average Bonchev–Trinajstić information content (AvgIpc) is 3.02. The fraction of sp³-hybridized carbons (Fsp3) is 0.609. The topological polar surface area (TPSA) is 87.2 Å². The molecular weight excluding hydrogens is 380 g/mol. The Hall–Kier alpha value is -2.41. The van der Waals surface area contributed by atoms with E-state index in [0.29, 0.717) is 29.6 Å². The highest BCUT2D eigenvalue weighted by Crippen LogP contribution is 2.11. The van der Waals surface area contributed by atoms with Gasteiger partial charge in [-0.1, -0.05) is 32.6 Å². The zero-order valence-corrected chi connectivity index (χ0v) is 18.0. The van der Waals surface area contributed by atoms with E-state index < -0.39 is 5.69 Å². The Balaban J connectivity index is 1.60. The zero-order valence-electron chi connectivity index (χ0n) is 18.0. The third kappa shape index (κ3) is 5.81. The van der Waals surface area contributed by atoms with E-state index >= 15 is 0 Å². The quantitative estimate of drug-likeness (QED) is 0.618. The van der Waals surface area contributed by atoms with E-state index in [2.05, 4.69) is 22.1 Å². The third-order valence-corrected chi connectivity index (χ3v) is 5.86. The number of carbonyl (C=O) groups is 1. The lowest BCUT2D eigenvalue weighted by atomic mass is 10.1. The number of aromatic amines is 1. The lowest BCUT2D eigenvalue weighted by Gasteiger charge is -2.19. The average molecular weight is 415 g/mol. The largest absolute Gasteiger partial charge is 0.352 e. The molecule has 0 atom stereocenters. The van der Waals surface area contributed by atoms with Gasteiger partial charge in [0.05, 0.1) is 10.9 Å². The molecule has 1 aliphatic rings. The summed E-state index contributed by atoms with van der Waals surface area (Å²) in [6.07, 6.45) is 8.88. The van der Waals surface area contributed by atoms with E-state index in [0.717, 1.165) is 45.3 Å². The maximum atomic E-state index is 12.6. The molecule has 2 N–H and O–H groups in total. The fourth-order valence-electron chi connectivity index (χ4n) is 4.09. The molecule has 2 aromatic rings. The highest BCUT2D eigenvalue weighted by molar-refractivity contribution is 5.97. The molecule has 30 heavy (non-hydrogen) atoms. The lowest BCUT2D eigenvalue weighted by molar-refractivity contribution is 0.0951. The number of nitrogens with zero attached hydrogens (tertiary/aromatic N) is 2. The van der Waals surface area contributed by atoms with Crippen LogP contribution in [0.5, 0.6) is 0 Å². The van der Waals surface area contributed by atoms with Crippen molar-refractivity contribution in [1.82, 2.24) is 19.8 Å². The van der Waals surface area contributed by atoms with Gasteiger partial charge in [0.2, 0.25) is 0 Å². The Kier molecular flexibility index (Phi) is 8.25. The van der Waals surface area contributed by atoms with Crippen molar-refractivity contribution < 1.29 is 4.79 Å². The van der Waals surface area contributed by atoms with E-state index in [4.69, 9.17) is 0 Å². The highest BCUT2D eigenvalue weighted by atomic mass is 16.2. The number of hydrogen-bond donors (Lipinski definition) is 2.